The summed E-state index contributed by atoms with van der Waals surface area (Å²) in [5, 5.41) is 6.56. The molecular weight excluding hydrogens is 310 g/mol. The molecule has 0 saturated carbocycles. The molecule has 2 heterocycles. The molecule has 5 nitrogen and oxygen atoms in total. The Morgan fingerprint density at radius 1 is 1.43 bits per heavy atom. The van der Waals surface area contributed by atoms with Gasteiger partial charge in [0.25, 0.3) is 0 Å². The molecule has 21 heavy (non-hydrogen) atoms. The molecule has 1 fully saturated rings. The SMILES string of the molecule is CC1(C)CC(=O)c2sc(NC(=O)C3CCCN3)nc2C1.Cl. The lowest BCUT2D eigenvalue weighted by atomic mass is 9.78. The molecule has 116 valence electrons. The first-order chi connectivity index (χ1) is 9.44. The Morgan fingerprint density at radius 2 is 2.19 bits per heavy atom. The number of nitrogens with zero attached hydrogens (tertiary/aromatic N) is 1. The predicted molar refractivity (Wildman–Crippen MR) is 85.4 cm³/mol. The van der Waals surface area contributed by atoms with Crippen LogP contribution in [-0.4, -0.2) is 29.3 Å². The number of nitrogens with one attached hydrogen (secondary N) is 2. The van der Waals surface area contributed by atoms with Crippen molar-refractivity contribution in [1.82, 2.24) is 10.3 Å². The van der Waals surface area contributed by atoms with E-state index >= 15 is 0 Å². The summed E-state index contributed by atoms with van der Waals surface area (Å²) in [5.74, 6) is 0.105. The van der Waals surface area contributed by atoms with E-state index in [0.29, 0.717) is 11.6 Å². The van der Waals surface area contributed by atoms with E-state index in [1.807, 2.05) is 0 Å². The zero-order valence-corrected chi connectivity index (χ0v) is 13.8. The number of Topliss-reactive ketones (excluding diaryl/α,β-unsaturated/α-hetero) is 1. The van der Waals surface area contributed by atoms with Crippen LogP contribution < -0.4 is 10.6 Å². The summed E-state index contributed by atoms with van der Waals surface area (Å²) < 4.78 is 0. The van der Waals surface area contributed by atoms with Gasteiger partial charge in [-0.2, -0.15) is 0 Å². The zero-order chi connectivity index (χ0) is 14.3. The summed E-state index contributed by atoms with van der Waals surface area (Å²) >= 11 is 1.31. The van der Waals surface area contributed by atoms with Gasteiger partial charge in [-0.15, -0.1) is 12.4 Å². The van der Waals surface area contributed by atoms with Crippen molar-refractivity contribution in [2.24, 2.45) is 5.41 Å². The van der Waals surface area contributed by atoms with Gasteiger partial charge in [-0.3, -0.25) is 9.59 Å². The number of hydrogen-bond donors (Lipinski definition) is 2. The normalized spacial score (nSPS) is 23.3. The average molecular weight is 330 g/mol. The van der Waals surface area contributed by atoms with Crippen molar-refractivity contribution in [2.75, 3.05) is 11.9 Å². The number of carbonyl (C=O) groups excluding carboxylic acids is 2. The topological polar surface area (TPSA) is 71.1 Å². The van der Waals surface area contributed by atoms with E-state index < -0.39 is 0 Å². The van der Waals surface area contributed by atoms with Crippen LogP contribution in [0.4, 0.5) is 5.13 Å². The maximum atomic E-state index is 12.1. The summed E-state index contributed by atoms with van der Waals surface area (Å²) in [7, 11) is 0. The standard InChI is InChI=1S/C14H19N3O2S.ClH/c1-14(2)6-9-11(10(18)7-14)20-13(16-9)17-12(19)8-4-3-5-15-8;/h8,15H,3-7H2,1-2H3,(H,16,17,19);1H. The van der Waals surface area contributed by atoms with E-state index in [1.165, 1.54) is 11.3 Å². The van der Waals surface area contributed by atoms with Gasteiger partial charge in [0.05, 0.1) is 16.6 Å². The van der Waals surface area contributed by atoms with Crippen LogP contribution in [0.5, 0.6) is 0 Å². The molecule has 3 rings (SSSR count). The van der Waals surface area contributed by atoms with Crippen LogP contribution in [0.1, 0.15) is 48.5 Å². The molecule has 0 aromatic carbocycles. The van der Waals surface area contributed by atoms with Crippen LogP contribution in [-0.2, 0) is 11.2 Å². The first-order valence-electron chi connectivity index (χ1n) is 7.02. The summed E-state index contributed by atoms with van der Waals surface area (Å²) in [4.78, 5) is 29.3. The minimum atomic E-state index is -0.122. The number of thiazole rings is 1. The van der Waals surface area contributed by atoms with Crippen molar-refractivity contribution in [3.8, 4) is 0 Å². The fourth-order valence-corrected chi connectivity index (χ4v) is 3.80. The smallest absolute Gasteiger partial charge is 0.243 e. The summed E-state index contributed by atoms with van der Waals surface area (Å²) in [6.45, 7) is 5.04. The van der Waals surface area contributed by atoms with E-state index in [0.717, 1.165) is 36.4 Å². The van der Waals surface area contributed by atoms with Crippen molar-refractivity contribution in [3.05, 3.63) is 10.6 Å². The van der Waals surface area contributed by atoms with Crippen molar-refractivity contribution in [2.45, 2.75) is 45.6 Å². The molecule has 0 radical (unpaired) electrons. The van der Waals surface area contributed by atoms with E-state index in [-0.39, 0.29) is 35.6 Å². The van der Waals surface area contributed by atoms with Crippen molar-refractivity contribution in [3.63, 3.8) is 0 Å². The van der Waals surface area contributed by atoms with Crippen LogP contribution in [0.15, 0.2) is 0 Å². The van der Waals surface area contributed by atoms with Gasteiger partial charge >= 0.3 is 0 Å². The van der Waals surface area contributed by atoms with Crippen molar-refractivity contribution < 1.29 is 9.59 Å². The molecule has 1 aromatic rings. The van der Waals surface area contributed by atoms with Gasteiger partial charge in [-0.25, -0.2) is 4.98 Å². The summed E-state index contributed by atoms with van der Waals surface area (Å²) in [5.41, 5.74) is 0.804. The van der Waals surface area contributed by atoms with Crippen LogP contribution in [0.2, 0.25) is 0 Å². The molecule has 0 spiro atoms. The fraction of sp³-hybridized carbons (Fsp3) is 0.643. The molecule has 2 aliphatic rings. The zero-order valence-electron chi connectivity index (χ0n) is 12.2. The van der Waals surface area contributed by atoms with Gasteiger partial charge in [0, 0.05) is 6.42 Å². The van der Waals surface area contributed by atoms with E-state index in [1.54, 1.807) is 0 Å². The second-order valence-electron chi connectivity index (χ2n) is 6.37. The number of rotatable bonds is 2. The number of ketones is 1. The second-order valence-corrected chi connectivity index (χ2v) is 7.37. The Hall–Kier alpha value is -0.980. The fourth-order valence-electron chi connectivity index (χ4n) is 2.87. The van der Waals surface area contributed by atoms with E-state index in [2.05, 4.69) is 29.5 Å². The molecule has 1 saturated heterocycles. The number of amides is 1. The lowest BCUT2D eigenvalue weighted by Crippen LogP contribution is -2.35. The van der Waals surface area contributed by atoms with Crippen molar-refractivity contribution in [1.29, 1.82) is 0 Å². The quantitative estimate of drug-likeness (QED) is 0.874. The van der Waals surface area contributed by atoms with Crippen LogP contribution in [0, 0.1) is 5.41 Å². The second kappa shape index (κ2) is 6.02. The third kappa shape index (κ3) is 3.44. The summed E-state index contributed by atoms with van der Waals surface area (Å²) in [6.07, 6.45) is 3.24. The Balaban J connectivity index is 0.00000161. The van der Waals surface area contributed by atoms with E-state index in [9.17, 15) is 9.59 Å². The van der Waals surface area contributed by atoms with Gasteiger partial charge in [0.1, 0.15) is 0 Å². The third-order valence-corrected chi connectivity index (χ3v) is 4.90. The van der Waals surface area contributed by atoms with Gasteiger partial charge in [-0.1, -0.05) is 25.2 Å². The van der Waals surface area contributed by atoms with Crippen LogP contribution in [0.3, 0.4) is 0 Å². The Labute approximate surface area is 134 Å². The predicted octanol–water partition coefficient (Wildman–Crippen LogP) is 2.41. The van der Waals surface area contributed by atoms with Gasteiger partial charge in [-0.05, 0) is 31.2 Å². The maximum absolute atomic E-state index is 12.1. The maximum Gasteiger partial charge on any atom is 0.243 e. The minimum absolute atomic E-state index is 0. The van der Waals surface area contributed by atoms with Gasteiger partial charge in [0.2, 0.25) is 5.91 Å². The molecule has 2 N–H and O–H groups in total. The molecule has 1 unspecified atom stereocenters. The highest BCUT2D eigenvalue weighted by atomic mass is 35.5. The largest absolute Gasteiger partial charge is 0.306 e. The number of hydrogen-bond acceptors (Lipinski definition) is 5. The number of halogens is 1. The van der Waals surface area contributed by atoms with Crippen molar-refractivity contribution >= 4 is 40.6 Å². The van der Waals surface area contributed by atoms with Crippen LogP contribution >= 0.6 is 23.7 Å². The number of fused-ring (bicyclic) bond motifs is 1. The lowest BCUT2D eigenvalue weighted by molar-refractivity contribution is -0.117. The number of aromatic nitrogens is 1. The number of carbonyl (C=O) groups is 2. The Bertz CT molecular complexity index is 565. The first kappa shape index (κ1) is 16.4. The highest BCUT2D eigenvalue weighted by Gasteiger charge is 2.34. The number of anilines is 1. The monoisotopic (exact) mass is 329 g/mol. The molecule has 7 heteroatoms. The third-order valence-electron chi connectivity index (χ3n) is 3.84. The molecule has 0 bridgehead atoms. The Morgan fingerprint density at radius 3 is 2.86 bits per heavy atom. The van der Waals surface area contributed by atoms with Gasteiger partial charge in [0.15, 0.2) is 10.9 Å². The molecule has 1 aliphatic heterocycles. The molecule has 1 aromatic heterocycles. The van der Waals surface area contributed by atoms with Crippen LogP contribution in [0.25, 0.3) is 0 Å². The lowest BCUT2D eigenvalue weighted by Gasteiger charge is -2.26. The van der Waals surface area contributed by atoms with E-state index in [4.69, 9.17) is 0 Å². The summed E-state index contributed by atoms with van der Waals surface area (Å²) in [6, 6.07) is -0.122. The Kier molecular flexibility index (Phi) is 4.70. The molecule has 1 atom stereocenters. The molecule has 1 amide bonds. The minimum Gasteiger partial charge on any atom is -0.306 e. The average Bonchev–Trinajstić information content (AvgIpc) is 2.95. The molecule has 1 aliphatic carbocycles. The highest BCUT2D eigenvalue weighted by Crippen LogP contribution is 2.38. The highest BCUT2D eigenvalue weighted by molar-refractivity contribution is 7.17. The molecular formula is C14H20ClN3O2S. The first-order valence-corrected chi connectivity index (χ1v) is 7.83. The van der Waals surface area contributed by atoms with Gasteiger partial charge < -0.3 is 10.6 Å².